The van der Waals surface area contributed by atoms with Gasteiger partial charge in [-0.1, -0.05) is 17.7 Å². The van der Waals surface area contributed by atoms with Gasteiger partial charge in [-0.15, -0.1) is 0 Å². The summed E-state index contributed by atoms with van der Waals surface area (Å²) in [4.78, 5) is 10.1. The molecule has 0 unspecified atom stereocenters. The molecule has 0 heterocycles. The van der Waals surface area contributed by atoms with E-state index in [-0.39, 0.29) is 4.90 Å². The maximum atomic E-state index is 10.5. The Balaban J connectivity index is 0.000000422. The first-order valence-electron chi connectivity index (χ1n) is 7.43. The number of hydrogen-bond acceptors (Lipinski definition) is 5. The first kappa shape index (κ1) is 21.5. The van der Waals surface area contributed by atoms with Gasteiger partial charge in [0.25, 0.3) is 10.1 Å². The maximum absolute atomic E-state index is 10.5. The highest BCUT2D eigenvalue weighted by Crippen LogP contribution is 2.08. The van der Waals surface area contributed by atoms with Gasteiger partial charge < -0.3 is 4.90 Å². The topological polar surface area (TPSA) is 82.3 Å². The van der Waals surface area contributed by atoms with Crippen LogP contribution in [0.1, 0.15) is 25.8 Å². The normalized spacial score (nSPS) is 10.8. The molecule has 0 radical (unpaired) electrons. The Morgan fingerprint density at radius 1 is 1.22 bits per heavy atom. The van der Waals surface area contributed by atoms with E-state index in [0.29, 0.717) is 6.04 Å². The van der Waals surface area contributed by atoms with Gasteiger partial charge in [0, 0.05) is 0 Å². The van der Waals surface area contributed by atoms with E-state index in [4.69, 9.17) is 4.55 Å². The van der Waals surface area contributed by atoms with Crippen LogP contribution in [0.4, 0.5) is 0 Å². The summed E-state index contributed by atoms with van der Waals surface area (Å²) in [6.45, 7) is 7.78. The zero-order valence-corrected chi connectivity index (χ0v) is 15.3. The number of hydrogen-bond donors (Lipinski definition) is 1. The molecule has 1 N–H and O–H groups in total. The Kier molecular flexibility index (Phi) is 10.3. The Hall–Kier alpha value is -1.53. The van der Waals surface area contributed by atoms with Gasteiger partial charge >= 0.3 is 0 Å². The van der Waals surface area contributed by atoms with Crippen molar-refractivity contribution in [1.29, 1.82) is 0 Å². The molecule has 0 aliphatic heterocycles. The first-order valence-corrected chi connectivity index (χ1v) is 8.87. The third-order valence-electron chi connectivity index (χ3n) is 2.58. The van der Waals surface area contributed by atoms with Crippen molar-refractivity contribution >= 4 is 16.1 Å². The Bertz CT molecular complexity index is 602. The number of aliphatic imine (C=N–C) groups is 2. The van der Waals surface area contributed by atoms with E-state index in [0.717, 1.165) is 25.1 Å². The summed E-state index contributed by atoms with van der Waals surface area (Å²) in [6.07, 6.45) is 1.08. The van der Waals surface area contributed by atoms with Crippen molar-refractivity contribution < 1.29 is 13.0 Å². The lowest BCUT2D eigenvalue weighted by atomic mass is 10.2. The van der Waals surface area contributed by atoms with Crippen LogP contribution in [0.5, 0.6) is 0 Å². The van der Waals surface area contributed by atoms with E-state index in [1.807, 2.05) is 20.8 Å². The molecule has 130 valence electrons. The van der Waals surface area contributed by atoms with Gasteiger partial charge in [-0.25, -0.2) is 9.98 Å². The van der Waals surface area contributed by atoms with Gasteiger partial charge in [0.1, 0.15) is 0 Å². The largest absolute Gasteiger partial charge is 0.309 e. The van der Waals surface area contributed by atoms with Gasteiger partial charge in [-0.05, 0) is 60.0 Å². The van der Waals surface area contributed by atoms with Gasteiger partial charge in [0.15, 0.2) is 0 Å². The van der Waals surface area contributed by atoms with E-state index in [1.165, 1.54) is 12.1 Å². The van der Waals surface area contributed by atoms with Crippen molar-refractivity contribution in [2.24, 2.45) is 9.98 Å². The second-order valence-electron chi connectivity index (χ2n) is 5.65. The van der Waals surface area contributed by atoms with Crippen molar-refractivity contribution in [3.05, 3.63) is 29.8 Å². The second kappa shape index (κ2) is 11.1. The zero-order chi connectivity index (χ0) is 17.9. The summed E-state index contributed by atoms with van der Waals surface area (Å²) in [5.74, 6) is 0. The number of nitrogens with zero attached hydrogens (tertiary/aromatic N) is 3. The molecule has 0 bridgehead atoms. The minimum absolute atomic E-state index is 0.0666. The summed E-state index contributed by atoms with van der Waals surface area (Å²) in [6, 6.07) is 8.99. The molecule has 0 amide bonds. The van der Waals surface area contributed by atoms with Gasteiger partial charge in [-0.2, -0.15) is 8.42 Å². The van der Waals surface area contributed by atoms with Crippen LogP contribution < -0.4 is 0 Å². The fraction of sp³-hybridized carbons (Fsp3) is 0.562. The molecular weight excluding hydrogens is 314 g/mol. The molecule has 23 heavy (non-hydrogen) atoms. The van der Waals surface area contributed by atoms with Gasteiger partial charge in [0.05, 0.1) is 23.5 Å². The van der Waals surface area contributed by atoms with Crippen LogP contribution in [0, 0.1) is 6.92 Å². The average Bonchev–Trinajstić information content (AvgIpc) is 2.42. The minimum Gasteiger partial charge on any atom is -0.309 e. The minimum atomic E-state index is -4.02. The SMILES string of the molecule is CC(C)N=C=NCCCN(C)C.Cc1ccc(S(=O)(=O)O)cc1. The van der Waals surface area contributed by atoms with Gasteiger partial charge in [-0.3, -0.25) is 4.55 Å². The molecule has 0 aromatic heterocycles. The lowest BCUT2D eigenvalue weighted by Gasteiger charge is -2.05. The molecule has 0 aliphatic carbocycles. The molecule has 1 aromatic rings. The molecule has 0 aliphatic rings. The quantitative estimate of drug-likeness (QED) is 0.490. The Morgan fingerprint density at radius 3 is 2.22 bits per heavy atom. The number of aryl methyl sites for hydroxylation is 1. The monoisotopic (exact) mass is 341 g/mol. The second-order valence-corrected chi connectivity index (χ2v) is 7.07. The van der Waals surface area contributed by atoms with E-state index in [2.05, 4.69) is 35.0 Å². The van der Waals surface area contributed by atoms with E-state index >= 15 is 0 Å². The maximum Gasteiger partial charge on any atom is 0.294 e. The van der Waals surface area contributed by atoms with Crippen molar-refractivity contribution in [3.8, 4) is 0 Å². The zero-order valence-electron chi connectivity index (χ0n) is 14.5. The molecule has 6 nitrogen and oxygen atoms in total. The first-order chi connectivity index (χ1) is 10.6. The van der Waals surface area contributed by atoms with Crippen molar-refractivity contribution in [1.82, 2.24) is 4.90 Å². The molecule has 1 aromatic carbocycles. The number of rotatable bonds is 6. The average molecular weight is 341 g/mol. The standard InChI is InChI=1S/C9H19N3.C7H8O3S/c1-9(2)11-8-10-6-5-7-12(3)4;1-6-2-4-7(5-3-6)11(8,9)10/h9H,5-7H2,1-4H3;2-5H,1H3,(H,8,9,10). The highest BCUT2D eigenvalue weighted by atomic mass is 32.2. The molecule has 0 atom stereocenters. The Labute approximate surface area is 139 Å². The molecule has 1 rings (SSSR count). The fourth-order valence-electron chi connectivity index (χ4n) is 1.38. The Morgan fingerprint density at radius 2 is 1.78 bits per heavy atom. The van der Waals surface area contributed by atoms with Crippen LogP contribution in [0.2, 0.25) is 0 Å². The van der Waals surface area contributed by atoms with Crippen LogP contribution in [0.25, 0.3) is 0 Å². The summed E-state index contributed by atoms with van der Waals surface area (Å²) in [5.41, 5.74) is 0.956. The highest BCUT2D eigenvalue weighted by molar-refractivity contribution is 7.85. The highest BCUT2D eigenvalue weighted by Gasteiger charge is 2.06. The van der Waals surface area contributed by atoms with Crippen LogP contribution in [-0.4, -0.2) is 57.1 Å². The predicted octanol–water partition coefficient (Wildman–Crippen LogP) is 2.76. The lowest BCUT2D eigenvalue weighted by Crippen LogP contribution is -2.13. The van der Waals surface area contributed by atoms with Crippen LogP contribution in [0.15, 0.2) is 39.1 Å². The lowest BCUT2D eigenvalue weighted by molar-refractivity contribution is 0.403. The molecule has 0 spiro atoms. The molecule has 0 saturated heterocycles. The molecule has 0 saturated carbocycles. The summed E-state index contributed by atoms with van der Waals surface area (Å²) < 4.78 is 29.6. The summed E-state index contributed by atoms with van der Waals surface area (Å²) in [5, 5.41) is 0. The molecule has 0 fully saturated rings. The molecule has 7 heteroatoms. The third-order valence-corrected chi connectivity index (χ3v) is 3.45. The summed E-state index contributed by atoms with van der Waals surface area (Å²) >= 11 is 0. The summed E-state index contributed by atoms with van der Waals surface area (Å²) in [7, 11) is 0.103. The number of benzene rings is 1. The van der Waals surface area contributed by atoms with E-state index in [1.54, 1.807) is 12.1 Å². The van der Waals surface area contributed by atoms with Crippen molar-refractivity contribution in [2.45, 2.75) is 38.1 Å². The van der Waals surface area contributed by atoms with Crippen molar-refractivity contribution in [2.75, 3.05) is 27.2 Å². The van der Waals surface area contributed by atoms with E-state index in [9.17, 15) is 8.42 Å². The van der Waals surface area contributed by atoms with Crippen LogP contribution in [-0.2, 0) is 10.1 Å². The van der Waals surface area contributed by atoms with E-state index < -0.39 is 10.1 Å². The fourth-order valence-corrected chi connectivity index (χ4v) is 1.86. The smallest absolute Gasteiger partial charge is 0.294 e. The van der Waals surface area contributed by atoms with Crippen LogP contribution >= 0.6 is 0 Å². The predicted molar refractivity (Wildman–Crippen MR) is 94.0 cm³/mol. The molecular formula is C16H27N3O3S. The third kappa shape index (κ3) is 12.7. The van der Waals surface area contributed by atoms with Crippen molar-refractivity contribution in [3.63, 3.8) is 0 Å². The van der Waals surface area contributed by atoms with Gasteiger partial charge in [0.2, 0.25) is 0 Å². The van der Waals surface area contributed by atoms with Crippen LogP contribution in [0.3, 0.4) is 0 Å².